The van der Waals surface area contributed by atoms with Crippen molar-refractivity contribution in [1.82, 2.24) is 0 Å². The van der Waals surface area contributed by atoms with Crippen LogP contribution in [0.25, 0.3) is 0 Å². The number of hydrogen-bond acceptors (Lipinski definition) is 3. The normalized spacial score (nSPS) is 22.8. The number of hydrogen-bond donors (Lipinski definition) is 1. The van der Waals surface area contributed by atoms with Crippen LogP contribution in [0.2, 0.25) is 0 Å². The van der Waals surface area contributed by atoms with E-state index in [-0.39, 0.29) is 24.6 Å². The summed E-state index contributed by atoms with van der Waals surface area (Å²) in [7, 11) is -3.00. The van der Waals surface area contributed by atoms with Crippen LogP contribution >= 0.6 is 0 Å². The lowest BCUT2D eigenvalue weighted by atomic mass is 9.85. The van der Waals surface area contributed by atoms with E-state index in [0.29, 0.717) is 12.8 Å². The first-order chi connectivity index (χ1) is 10.6. The molecule has 1 N–H and O–H groups in total. The fraction of sp³-hybridized carbons (Fsp3) is 0.625. The van der Waals surface area contributed by atoms with Gasteiger partial charge >= 0.3 is 6.18 Å². The molecule has 0 aromatic heterocycles. The van der Waals surface area contributed by atoms with Crippen LogP contribution in [0.15, 0.2) is 24.3 Å². The van der Waals surface area contributed by atoms with Crippen molar-refractivity contribution in [3.8, 4) is 0 Å². The predicted molar refractivity (Wildman–Crippen MR) is 85.3 cm³/mol. The van der Waals surface area contributed by atoms with Crippen LogP contribution in [-0.2, 0) is 16.3 Å². The van der Waals surface area contributed by atoms with Crippen molar-refractivity contribution in [3.63, 3.8) is 0 Å². The zero-order valence-electron chi connectivity index (χ0n) is 13.1. The predicted octanol–water partition coefficient (Wildman–Crippen LogP) is 3.81. The van der Waals surface area contributed by atoms with E-state index in [2.05, 4.69) is 5.32 Å². The zero-order chi connectivity index (χ0) is 17.1. The Hall–Kier alpha value is -1.24. The molecule has 7 heteroatoms. The number of sulfone groups is 1. The minimum Gasteiger partial charge on any atom is -0.382 e. The number of benzene rings is 1. The van der Waals surface area contributed by atoms with Gasteiger partial charge in [0.2, 0.25) is 0 Å². The topological polar surface area (TPSA) is 46.2 Å². The van der Waals surface area contributed by atoms with Crippen molar-refractivity contribution in [1.29, 1.82) is 0 Å². The molecular weight excluding hydrogens is 327 g/mol. The molecule has 3 nitrogen and oxygen atoms in total. The Morgan fingerprint density at radius 3 is 2.39 bits per heavy atom. The molecule has 1 saturated carbocycles. The third-order valence-corrected chi connectivity index (χ3v) is 5.17. The first-order valence-corrected chi connectivity index (χ1v) is 9.79. The quantitative estimate of drug-likeness (QED) is 0.879. The number of rotatable bonds is 5. The minimum atomic E-state index is -4.12. The minimum absolute atomic E-state index is 0.0929. The van der Waals surface area contributed by atoms with Gasteiger partial charge in [-0.3, -0.25) is 0 Å². The van der Waals surface area contributed by atoms with Crippen molar-refractivity contribution in [3.05, 3.63) is 29.8 Å². The van der Waals surface area contributed by atoms with Crippen molar-refractivity contribution < 1.29 is 21.6 Å². The van der Waals surface area contributed by atoms with E-state index in [0.717, 1.165) is 17.7 Å². The molecule has 1 aromatic rings. The van der Waals surface area contributed by atoms with Gasteiger partial charge in [0.25, 0.3) is 0 Å². The molecule has 0 amide bonds. The zero-order valence-corrected chi connectivity index (χ0v) is 13.9. The molecule has 1 fully saturated rings. The van der Waals surface area contributed by atoms with Gasteiger partial charge in [-0.2, -0.15) is 13.2 Å². The van der Waals surface area contributed by atoms with Crippen LogP contribution in [0.5, 0.6) is 0 Å². The molecule has 0 heterocycles. The Labute approximate surface area is 135 Å². The van der Waals surface area contributed by atoms with Crippen molar-refractivity contribution in [2.75, 3.05) is 17.3 Å². The molecule has 0 unspecified atom stereocenters. The summed E-state index contributed by atoms with van der Waals surface area (Å²) in [5.74, 6) is -1.13. The molecule has 1 aromatic carbocycles. The maximum atomic E-state index is 12.8. The summed E-state index contributed by atoms with van der Waals surface area (Å²) in [5, 5.41) is 3.16. The fourth-order valence-electron chi connectivity index (χ4n) is 2.92. The number of halogens is 3. The maximum absolute atomic E-state index is 12.8. The smallest absolute Gasteiger partial charge is 0.382 e. The van der Waals surface area contributed by atoms with Crippen LogP contribution in [0.1, 0.15) is 31.2 Å². The molecular formula is C16H22F3NO2S. The highest BCUT2D eigenvalue weighted by Gasteiger charge is 2.42. The Kier molecular flexibility index (Phi) is 5.60. The molecule has 0 aliphatic heterocycles. The Morgan fingerprint density at radius 1 is 1.17 bits per heavy atom. The first-order valence-electron chi connectivity index (χ1n) is 7.73. The SMILES string of the molecule is CS(=O)(=O)CCc1ccc(N[C@@H]2CCC[C@@H](C(F)(F)F)C2)cc1. The molecule has 23 heavy (non-hydrogen) atoms. The second-order valence-corrected chi connectivity index (χ2v) is 8.58. The van der Waals surface area contributed by atoms with Crippen molar-refractivity contribution in [2.24, 2.45) is 5.92 Å². The van der Waals surface area contributed by atoms with E-state index in [9.17, 15) is 21.6 Å². The summed E-state index contributed by atoms with van der Waals surface area (Å²) in [4.78, 5) is 0. The number of nitrogens with one attached hydrogen (secondary N) is 1. The lowest BCUT2D eigenvalue weighted by Crippen LogP contribution is -2.34. The van der Waals surface area contributed by atoms with E-state index in [1.165, 1.54) is 6.26 Å². The Morgan fingerprint density at radius 2 is 1.83 bits per heavy atom. The summed E-state index contributed by atoms with van der Waals surface area (Å²) in [6.07, 6.45) is -0.834. The summed E-state index contributed by atoms with van der Waals surface area (Å²) < 4.78 is 60.7. The lowest BCUT2D eigenvalue weighted by molar-refractivity contribution is -0.182. The van der Waals surface area contributed by atoms with E-state index in [4.69, 9.17) is 0 Å². The summed E-state index contributed by atoms with van der Waals surface area (Å²) >= 11 is 0. The fourth-order valence-corrected chi connectivity index (χ4v) is 3.53. The van der Waals surface area contributed by atoms with Crippen LogP contribution in [0, 0.1) is 5.92 Å². The van der Waals surface area contributed by atoms with Gasteiger partial charge in [-0.05, 0) is 43.4 Å². The third-order valence-electron chi connectivity index (χ3n) is 4.22. The molecule has 1 aliphatic carbocycles. The molecule has 2 atom stereocenters. The molecule has 2 rings (SSSR count). The van der Waals surface area contributed by atoms with Gasteiger partial charge in [0, 0.05) is 18.0 Å². The Balaban J connectivity index is 1.90. The van der Waals surface area contributed by atoms with Gasteiger partial charge in [0.15, 0.2) is 0 Å². The number of anilines is 1. The van der Waals surface area contributed by atoms with Crippen LogP contribution in [0.4, 0.5) is 18.9 Å². The van der Waals surface area contributed by atoms with Gasteiger partial charge in [-0.1, -0.05) is 18.6 Å². The largest absolute Gasteiger partial charge is 0.391 e. The highest BCUT2D eigenvalue weighted by atomic mass is 32.2. The average Bonchev–Trinajstić information content (AvgIpc) is 2.45. The molecule has 1 aliphatic rings. The highest BCUT2D eigenvalue weighted by Crippen LogP contribution is 2.38. The van der Waals surface area contributed by atoms with Gasteiger partial charge in [-0.15, -0.1) is 0 Å². The highest BCUT2D eigenvalue weighted by molar-refractivity contribution is 7.90. The molecule has 0 radical (unpaired) electrons. The second-order valence-electron chi connectivity index (χ2n) is 6.32. The summed E-state index contributed by atoms with van der Waals surface area (Å²) in [6, 6.07) is 7.07. The van der Waals surface area contributed by atoms with E-state index in [1.54, 1.807) is 12.1 Å². The van der Waals surface area contributed by atoms with Gasteiger partial charge in [-0.25, -0.2) is 8.42 Å². The van der Waals surface area contributed by atoms with Crippen LogP contribution < -0.4 is 5.32 Å². The first kappa shape index (κ1) is 18.1. The Bertz CT molecular complexity index is 611. The van der Waals surface area contributed by atoms with E-state index < -0.39 is 21.9 Å². The summed E-state index contributed by atoms with van der Waals surface area (Å²) in [5.41, 5.74) is 1.68. The monoisotopic (exact) mass is 349 g/mol. The third kappa shape index (κ3) is 6.05. The maximum Gasteiger partial charge on any atom is 0.391 e. The molecule has 130 valence electrons. The molecule has 0 bridgehead atoms. The van der Waals surface area contributed by atoms with Gasteiger partial charge < -0.3 is 5.32 Å². The van der Waals surface area contributed by atoms with Crippen LogP contribution in [-0.4, -0.2) is 32.6 Å². The number of aryl methyl sites for hydroxylation is 1. The molecule has 0 spiro atoms. The lowest BCUT2D eigenvalue weighted by Gasteiger charge is -2.31. The van der Waals surface area contributed by atoms with Crippen molar-refractivity contribution >= 4 is 15.5 Å². The van der Waals surface area contributed by atoms with Crippen LogP contribution in [0.3, 0.4) is 0 Å². The van der Waals surface area contributed by atoms with Gasteiger partial charge in [0.1, 0.15) is 9.84 Å². The second kappa shape index (κ2) is 7.11. The number of alkyl halides is 3. The van der Waals surface area contributed by atoms with Gasteiger partial charge in [0.05, 0.1) is 11.7 Å². The van der Waals surface area contributed by atoms with E-state index in [1.807, 2.05) is 12.1 Å². The average molecular weight is 349 g/mol. The van der Waals surface area contributed by atoms with Crippen molar-refractivity contribution in [2.45, 2.75) is 44.3 Å². The summed E-state index contributed by atoms with van der Waals surface area (Å²) in [6.45, 7) is 0. The standard InChI is InChI=1S/C16H22F3NO2S/c1-23(21,22)10-9-12-5-7-14(8-6-12)20-15-4-2-3-13(11-15)16(17,18)19/h5-8,13,15,20H,2-4,9-11H2,1H3/t13-,15-/m1/s1. The van der Waals surface area contributed by atoms with E-state index >= 15 is 0 Å². The molecule has 0 saturated heterocycles.